The Labute approximate surface area is 108 Å². The van der Waals surface area contributed by atoms with Gasteiger partial charge < -0.3 is 16.2 Å². The van der Waals surface area contributed by atoms with Gasteiger partial charge >= 0.3 is 0 Å². The predicted octanol–water partition coefficient (Wildman–Crippen LogP) is 1.35. The second kappa shape index (κ2) is 6.52. The van der Waals surface area contributed by atoms with Crippen molar-refractivity contribution in [3.63, 3.8) is 0 Å². The van der Waals surface area contributed by atoms with Gasteiger partial charge in [-0.05, 0) is 25.8 Å². The molecule has 1 unspecified atom stereocenters. The number of hydrogen-bond acceptors (Lipinski definition) is 3. The summed E-state index contributed by atoms with van der Waals surface area (Å²) in [6.45, 7) is 3.82. The molecule has 0 saturated carbocycles. The van der Waals surface area contributed by atoms with Crippen LogP contribution in [0.25, 0.3) is 0 Å². The third-order valence-corrected chi connectivity index (χ3v) is 2.85. The molecule has 0 aromatic heterocycles. The van der Waals surface area contributed by atoms with Crippen molar-refractivity contribution in [2.45, 2.75) is 38.3 Å². The molecule has 4 N–H and O–H groups in total. The van der Waals surface area contributed by atoms with Crippen molar-refractivity contribution in [3.8, 4) is 0 Å². The summed E-state index contributed by atoms with van der Waals surface area (Å²) in [6, 6.07) is 9.26. The Morgan fingerprint density at radius 3 is 2.56 bits per heavy atom. The molecule has 0 heterocycles. The summed E-state index contributed by atoms with van der Waals surface area (Å²) in [5.74, 6) is -0.0928. The van der Waals surface area contributed by atoms with Gasteiger partial charge in [-0.25, -0.2) is 0 Å². The van der Waals surface area contributed by atoms with E-state index in [-0.39, 0.29) is 25.0 Å². The summed E-state index contributed by atoms with van der Waals surface area (Å²) in [6.07, 6.45) is 0.776. The third-order valence-electron chi connectivity index (χ3n) is 2.85. The number of rotatable bonds is 6. The molecule has 1 atom stereocenters. The molecule has 0 bridgehead atoms. The molecule has 0 aliphatic rings. The molecule has 0 aliphatic carbocycles. The smallest absolute Gasteiger partial charge is 0.222 e. The van der Waals surface area contributed by atoms with E-state index in [9.17, 15) is 4.79 Å². The van der Waals surface area contributed by atoms with Crippen molar-refractivity contribution in [3.05, 3.63) is 35.9 Å². The number of nitrogens with one attached hydrogen (secondary N) is 1. The maximum absolute atomic E-state index is 11.8. The number of hydrogen-bond donors (Lipinski definition) is 3. The predicted molar refractivity (Wildman–Crippen MR) is 71.9 cm³/mol. The van der Waals surface area contributed by atoms with E-state index in [2.05, 4.69) is 5.32 Å². The zero-order valence-electron chi connectivity index (χ0n) is 11.0. The minimum atomic E-state index is -0.401. The van der Waals surface area contributed by atoms with Crippen LogP contribution in [0.5, 0.6) is 0 Å². The lowest BCUT2D eigenvalue weighted by Gasteiger charge is -2.26. The molecule has 1 aromatic carbocycles. The topological polar surface area (TPSA) is 75.3 Å². The van der Waals surface area contributed by atoms with E-state index < -0.39 is 5.54 Å². The Balaban J connectivity index is 2.50. The van der Waals surface area contributed by atoms with Crippen LogP contribution >= 0.6 is 0 Å². The molecule has 1 rings (SSSR count). The molecule has 1 aromatic rings. The lowest BCUT2D eigenvalue weighted by molar-refractivity contribution is -0.123. The highest BCUT2D eigenvalue weighted by Crippen LogP contribution is 2.14. The van der Waals surface area contributed by atoms with E-state index in [1.807, 2.05) is 44.2 Å². The normalized spacial score (nSPS) is 13.1. The Hall–Kier alpha value is -1.39. The molecule has 0 aliphatic heterocycles. The largest absolute Gasteiger partial charge is 0.396 e. The average Bonchev–Trinajstić information content (AvgIpc) is 2.28. The Morgan fingerprint density at radius 1 is 1.39 bits per heavy atom. The van der Waals surface area contributed by atoms with Crippen LogP contribution in [0, 0.1) is 0 Å². The second-order valence-electron chi connectivity index (χ2n) is 5.13. The van der Waals surface area contributed by atoms with Crippen molar-refractivity contribution in [2.24, 2.45) is 5.73 Å². The summed E-state index contributed by atoms with van der Waals surface area (Å²) in [4.78, 5) is 11.8. The van der Waals surface area contributed by atoms with Crippen molar-refractivity contribution < 1.29 is 9.90 Å². The molecular weight excluding hydrogens is 228 g/mol. The zero-order chi connectivity index (χ0) is 13.6. The summed E-state index contributed by atoms with van der Waals surface area (Å²) < 4.78 is 0. The number of aliphatic hydroxyl groups is 1. The van der Waals surface area contributed by atoms with Gasteiger partial charge in [-0.2, -0.15) is 0 Å². The molecule has 18 heavy (non-hydrogen) atoms. The first-order chi connectivity index (χ1) is 8.44. The summed E-state index contributed by atoms with van der Waals surface area (Å²) >= 11 is 0. The summed E-state index contributed by atoms with van der Waals surface area (Å²) in [5, 5.41) is 11.8. The molecule has 100 valence electrons. The molecule has 4 heteroatoms. The van der Waals surface area contributed by atoms with E-state index in [0.717, 1.165) is 5.56 Å². The molecular formula is C14H22N2O2. The van der Waals surface area contributed by atoms with Gasteiger partial charge in [0.05, 0.1) is 0 Å². The average molecular weight is 250 g/mol. The molecule has 1 amide bonds. The van der Waals surface area contributed by atoms with Crippen molar-refractivity contribution >= 4 is 5.91 Å². The first-order valence-electron chi connectivity index (χ1n) is 6.17. The summed E-state index contributed by atoms with van der Waals surface area (Å²) in [7, 11) is 0. The van der Waals surface area contributed by atoms with Crippen LogP contribution in [-0.2, 0) is 4.79 Å². The maximum atomic E-state index is 11.8. The lowest BCUT2D eigenvalue weighted by atomic mass is 9.99. The highest BCUT2D eigenvalue weighted by molar-refractivity contribution is 5.77. The van der Waals surface area contributed by atoms with Gasteiger partial charge in [0.25, 0.3) is 0 Å². The minimum absolute atomic E-state index is 0.0536. The number of amides is 1. The molecule has 0 fully saturated rings. The van der Waals surface area contributed by atoms with Gasteiger partial charge in [0.1, 0.15) is 0 Å². The van der Waals surface area contributed by atoms with Gasteiger partial charge in [-0.15, -0.1) is 0 Å². The van der Waals surface area contributed by atoms with Crippen molar-refractivity contribution in [2.75, 3.05) is 6.61 Å². The lowest BCUT2D eigenvalue weighted by Crippen LogP contribution is -2.44. The van der Waals surface area contributed by atoms with Gasteiger partial charge in [0, 0.05) is 24.6 Å². The maximum Gasteiger partial charge on any atom is 0.222 e. The highest BCUT2D eigenvalue weighted by Gasteiger charge is 2.21. The summed E-state index contributed by atoms with van der Waals surface area (Å²) in [5.41, 5.74) is 6.53. The Morgan fingerprint density at radius 2 is 2.00 bits per heavy atom. The van der Waals surface area contributed by atoms with Gasteiger partial charge in [0.2, 0.25) is 5.91 Å². The van der Waals surface area contributed by atoms with Crippen LogP contribution in [0.15, 0.2) is 30.3 Å². The highest BCUT2D eigenvalue weighted by atomic mass is 16.3. The standard InChI is InChI=1S/C14H22N2O2/c1-14(2,8-9-17)16-13(18)10-12(15)11-6-4-3-5-7-11/h3-7,12,17H,8-10,15H2,1-2H3,(H,16,18). The Kier molecular flexibility index (Phi) is 5.31. The van der Waals surface area contributed by atoms with E-state index in [1.165, 1.54) is 0 Å². The number of benzene rings is 1. The fraction of sp³-hybridized carbons (Fsp3) is 0.500. The van der Waals surface area contributed by atoms with Gasteiger partial charge in [-0.1, -0.05) is 30.3 Å². The monoisotopic (exact) mass is 250 g/mol. The molecule has 0 radical (unpaired) electrons. The molecule has 0 spiro atoms. The third kappa shape index (κ3) is 4.85. The first-order valence-corrected chi connectivity index (χ1v) is 6.17. The van der Waals surface area contributed by atoms with Gasteiger partial charge in [-0.3, -0.25) is 4.79 Å². The number of aliphatic hydroxyl groups excluding tert-OH is 1. The quantitative estimate of drug-likeness (QED) is 0.713. The Bertz CT molecular complexity index is 377. The van der Waals surface area contributed by atoms with E-state index in [4.69, 9.17) is 10.8 Å². The van der Waals surface area contributed by atoms with Crippen LogP contribution < -0.4 is 11.1 Å². The van der Waals surface area contributed by atoms with Crippen molar-refractivity contribution in [1.82, 2.24) is 5.32 Å². The minimum Gasteiger partial charge on any atom is -0.396 e. The fourth-order valence-electron chi connectivity index (χ4n) is 1.79. The fourth-order valence-corrected chi connectivity index (χ4v) is 1.79. The molecule has 0 saturated heterocycles. The van der Waals surface area contributed by atoms with E-state index in [0.29, 0.717) is 6.42 Å². The number of carbonyl (C=O) groups is 1. The zero-order valence-corrected chi connectivity index (χ0v) is 11.0. The second-order valence-corrected chi connectivity index (χ2v) is 5.13. The number of carbonyl (C=O) groups excluding carboxylic acids is 1. The first kappa shape index (κ1) is 14.7. The number of nitrogens with two attached hydrogens (primary N) is 1. The van der Waals surface area contributed by atoms with Gasteiger partial charge in [0.15, 0.2) is 0 Å². The van der Waals surface area contributed by atoms with E-state index in [1.54, 1.807) is 0 Å². The molecule has 4 nitrogen and oxygen atoms in total. The SMILES string of the molecule is CC(C)(CCO)NC(=O)CC(N)c1ccccc1. The van der Waals surface area contributed by atoms with Crippen molar-refractivity contribution in [1.29, 1.82) is 0 Å². The van der Waals surface area contributed by atoms with E-state index >= 15 is 0 Å². The van der Waals surface area contributed by atoms with Crippen LogP contribution in [0.3, 0.4) is 0 Å². The van der Waals surface area contributed by atoms with Crippen LogP contribution in [0.1, 0.15) is 38.3 Å². The van der Waals surface area contributed by atoms with Crippen LogP contribution in [0.2, 0.25) is 0 Å². The van der Waals surface area contributed by atoms with Crippen LogP contribution in [0.4, 0.5) is 0 Å². The van der Waals surface area contributed by atoms with Crippen LogP contribution in [-0.4, -0.2) is 23.2 Å².